The van der Waals surface area contributed by atoms with Crippen molar-refractivity contribution in [3.63, 3.8) is 0 Å². The van der Waals surface area contributed by atoms with Crippen LogP contribution in [0.25, 0.3) is 0 Å². The largest absolute Gasteiger partial charge is 0.480 e. The molecule has 0 atom stereocenters. The van der Waals surface area contributed by atoms with E-state index in [4.69, 9.17) is 0 Å². The molecule has 4 heteroatoms. The summed E-state index contributed by atoms with van der Waals surface area (Å²) in [6, 6.07) is 0. The molecule has 0 radical (unpaired) electrons. The highest BCUT2D eigenvalue weighted by Gasteiger charge is 2.50. The molecule has 1 fully saturated rings. The minimum atomic E-state index is -1.15. The number of rotatable bonds is 3. The van der Waals surface area contributed by atoms with Crippen molar-refractivity contribution < 1.29 is 14.7 Å². The zero-order valence-electron chi connectivity index (χ0n) is 9.18. The van der Waals surface area contributed by atoms with Gasteiger partial charge in [-0.3, -0.25) is 9.59 Å². The fraction of sp³-hybridized carbons (Fsp3) is 0.818. The van der Waals surface area contributed by atoms with Gasteiger partial charge in [0.15, 0.2) is 5.78 Å². The van der Waals surface area contributed by atoms with Gasteiger partial charge in [-0.25, -0.2) is 0 Å². The van der Waals surface area contributed by atoms with Crippen LogP contribution < -0.4 is 0 Å². The number of carboxylic acid groups (broad SMARTS) is 1. The van der Waals surface area contributed by atoms with Crippen LogP contribution in [0.15, 0.2) is 0 Å². The summed E-state index contributed by atoms with van der Waals surface area (Å²) < 4.78 is -0.747. The van der Waals surface area contributed by atoms with E-state index in [2.05, 4.69) is 15.9 Å². The summed E-state index contributed by atoms with van der Waals surface area (Å²) in [7, 11) is 0. The summed E-state index contributed by atoms with van der Waals surface area (Å²) in [6.07, 6.45) is 3.67. The van der Waals surface area contributed by atoms with Gasteiger partial charge in [-0.05, 0) is 26.7 Å². The van der Waals surface area contributed by atoms with Crippen molar-refractivity contribution in [1.29, 1.82) is 0 Å². The van der Waals surface area contributed by atoms with Crippen molar-refractivity contribution in [3.8, 4) is 0 Å². The van der Waals surface area contributed by atoms with E-state index in [-0.39, 0.29) is 5.78 Å². The molecular weight excluding hydrogens is 260 g/mol. The second-order valence-electron chi connectivity index (χ2n) is 4.75. The van der Waals surface area contributed by atoms with Crippen molar-refractivity contribution >= 4 is 27.7 Å². The summed E-state index contributed by atoms with van der Waals surface area (Å²) in [5.41, 5.74) is -1.15. The van der Waals surface area contributed by atoms with Crippen molar-refractivity contribution in [2.24, 2.45) is 5.41 Å². The summed E-state index contributed by atoms with van der Waals surface area (Å²) in [6.45, 7) is 3.43. The number of carboxylic acids is 1. The molecule has 0 aromatic rings. The summed E-state index contributed by atoms with van der Waals surface area (Å²) in [4.78, 5) is 23.5. The Balaban J connectivity index is 3.01. The quantitative estimate of drug-likeness (QED) is 0.637. The van der Waals surface area contributed by atoms with Crippen LogP contribution in [0.2, 0.25) is 0 Å². The molecule has 86 valence electrons. The van der Waals surface area contributed by atoms with Crippen LogP contribution in [0.1, 0.15) is 46.0 Å². The van der Waals surface area contributed by atoms with Gasteiger partial charge in [-0.1, -0.05) is 35.2 Å². The molecule has 1 aliphatic rings. The van der Waals surface area contributed by atoms with Gasteiger partial charge in [0.05, 0.1) is 4.32 Å². The molecule has 1 N–H and O–H groups in total. The first kappa shape index (κ1) is 12.7. The van der Waals surface area contributed by atoms with E-state index in [9.17, 15) is 14.7 Å². The molecule has 0 unspecified atom stereocenters. The zero-order chi connectivity index (χ0) is 11.7. The monoisotopic (exact) mass is 276 g/mol. The van der Waals surface area contributed by atoms with E-state index in [0.29, 0.717) is 12.8 Å². The maximum absolute atomic E-state index is 12.2. The van der Waals surface area contributed by atoms with Crippen molar-refractivity contribution in [1.82, 2.24) is 0 Å². The van der Waals surface area contributed by atoms with Crippen molar-refractivity contribution in [3.05, 3.63) is 0 Å². The van der Waals surface area contributed by atoms with Crippen LogP contribution in [0.3, 0.4) is 0 Å². The molecule has 0 aliphatic heterocycles. The maximum atomic E-state index is 12.2. The fourth-order valence-corrected chi connectivity index (χ4v) is 2.64. The summed E-state index contributed by atoms with van der Waals surface area (Å²) >= 11 is 3.27. The van der Waals surface area contributed by atoms with Crippen LogP contribution in [0.4, 0.5) is 0 Å². The van der Waals surface area contributed by atoms with Crippen LogP contribution in [-0.4, -0.2) is 21.2 Å². The molecule has 0 amide bonds. The Bertz CT molecular complexity index is 272. The van der Waals surface area contributed by atoms with E-state index < -0.39 is 15.7 Å². The smallest absolute Gasteiger partial charge is 0.317 e. The average molecular weight is 277 g/mol. The van der Waals surface area contributed by atoms with E-state index in [0.717, 1.165) is 19.3 Å². The molecule has 0 saturated heterocycles. The number of carbonyl (C=O) groups excluding carboxylic acids is 1. The molecule has 0 aromatic heterocycles. The molecule has 0 heterocycles. The first-order valence-electron chi connectivity index (χ1n) is 5.28. The van der Waals surface area contributed by atoms with Gasteiger partial charge in [-0.2, -0.15) is 0 Å². The topological polar surface area (TPSA) is 54.4 Å². The molecule has 1 aliphatic carbocycles. The SMILES string of the molecule is CC(C)(Br)C(=O)C1(C(=O)O)CCCCC1. The lowest BCUT2D eigenvalue weighted by Gasteiger charge is -2.35. The second kappa shape index (κ2) is 4.24. The first-order valence-corrected chi connectivity index (χ1v) is 6.07. The lowest BCUT2D eigenvalue weighted by atomic mass is 9.68. The summed E-state index contributed by atoms with van der Waals surface area (Å²) in [5, 5.41) is 9.28. The van der Waals surface area contributed by atoms with Crippen molar-refractivity contribution in [2.75, 3.05) is 0 Å². The second-order valence-corrected chi connectivity index (χ2v) is 6.73. The molecule has 0 spiro atoms. The lowest BCUT2D eigenvalue weighted by Crippen LogP contribution is -2.48. The minimum absolute atomic E-state index is 0.192. The Hall–Kier alpha value is -0.380. The van der Waals surface area contributed by atoms with E-state index in [1.807, 2.05) is 0 Å². The number of carbonyl (C=O) groups is 2. The zero-order valence-corrected chi connectivity index (χ0v) is 10.8. The van der Waals surface area contributed by atoms with E-state index in [1.54, 1.807) is 13.8 Å². The van der Waals surface area contributed by atoms with Crippen LogP contribution in [-0.2, 0) is 9.59 Å². The highest BCUT2D eigenvalue weighted by atomic mass is 79.9. The Morgan fingerprint density at radius 1 is 1.20 bits per heavy atom. The molecule has 3 nitrogen and oxygen atoms in total. The molecule has 15 heavy (non-hydrogen) atoms. The van der Waals surface area contributed by atoms with Crippen LogP contribution in [0.5, 0.6) is 0 Å². The molecule has 0 aromatic carbocycles. The van der Waals surface area contributed by atoms with Gasteiger partial charge >= 0.3 is 5.97 Å². The third kappa shape index (κ3) is 2.41. The van der Waals surface area contributed by atoms with Crippen LogP contribution in [0, 0.1) is 5.41 Å². The Labute approximate surface area is 98.4 Å². The fourth-order valence-electron chi connectivity index (χ4n) is 2.26. The van der Waals surface area contributed by atoms with Gasteiger partial charge in [-0.15, -0.1) is 0 Å². The number of ketones is 1. The minimum Gasteiger partial charge on any atom is -0.480 e. The van der Waals surface area contributed by atoms with E-state index in [1.165, 1.54) is 0 Å². The van der Waals surface area contributed by atoms with Gasteiger partial charge in [0.25, 0.3) is 0 Å². The van der Waals surface area contributed by atoms with Gasteiger partial charge < -0.3 is 5.11 Å². The predicted molar refractivity (Wildman–Crippen MR) is 61.2 cm³/mol. The number of hydrogen-bond acceptors (Lipinski definition) is 2. The third-order valence-electron chi connectivity index (χ3n) is 3.09. The molecular formula is C11H17BrO3. The number of Topliss-reactive ketones (excluding diaryl/α,β-unsaturated/α-hetero) is 1. The summed E-state index contributed by atoms with van der Waals surface area (Å²) in [5.74, 6) is -1.15. The predicted octanol–water partition coefficient (Wildman–Crippen LogP) is 2.76. The van der Waals surface area contributed by atoms with Gasteiger partial charge in [0, 0.05) is 0 Å². The Morgan fingerprint density at radius 2 is 1.67 bits per heavy atom. The third-order valence-corrected chi connectivity index (χ3v) is 3.45. The van der Waals surface area contributed by atoms with Gasteiger partial charge in [0.2, 0.25) is 0 Å². The Morgan fingerprint density at radius 3 is 2.00 bits per heavy atom. The Kier molecular flexibility index (Phi) is 3.59. The molecule has 1 rings (SSSR count). The standard InChI is InChI=1S/C11H17BrO3/c1-10(2,12)8(13)11(9(14)15)6-4-3-5-7-11/h3-7H2,1-2H3,(H,14,15). The molecule has 1 saturated carbocycles. The van der Waals surface area contributed by atoms with Crippen molar-refractivity contribution in [2.45, 2.75) is 50.3 Å². The highest BCUT2D eigenvalue weighted by Crippen LogP contribution is 2.42. The lowest BCUT2D eigenvalue weighted by molar-refractivity contribution is -0.158. The first-order chi connectivity index (χ1) is 6.81. The number of aliphatic carboxylic acids is 1. The maximum Gasteiger partial charge on any atom is 0.317 e. The normalized spacial score (nSPS) is 21.0. The number of hydrogen-bond donors (Lipinski definition) is 1. The average Bonchev–Trinajstić information content (AvgIpc) is 2.16. The number of halogens is 1. The highest BCUT2D eigenvalue weighted by molar-refractivity contribution is 9.10. The number of alkyl halides is 1. The van der Waals surface area contributed by atoms with Crippen LogP contribution >= 0.6 is 15.9 Å². The van der Waals surface area contributed by atoms with E-state index >= 15 is 0 Å². The van der Waals surface area contributed by atoms with Gasteiger partial charge in [0.1, 0.15) is 5.41 Å². The molecule has 0 bridgehead atoms.